The molecule has 17 heavy (non-hydrogen) atoms. The van der Waals surface area contributed by atoms with Gasteiger partial charge in [-0.05, 0) is 19.1 Å². The van der Waals surface area contributed by atoms with Crippen LogP contribution >= 0.6 is 58.0 Å². The molecule has 0 saturated carbocycles. The molecule has 1 aromatic rings. The Balaban J connectivity index is 3.08. The van der Waals surface area contributed by atoms with Crippen LogP contribution in [0.25, 0.3) is 0 Å². The monoisotopic (exact) mass is 332 g/mol. The summed E-state index contributed by atoms with van der Waals surface area (Å²) in [6.45, 7) is 1.19. The number of rotatable bonds is 3. The van der Waals surface area contributed by atoms with Crippen molar-refractivity contribution in [2.75, 3.05) is 0 Å². The molecule has 0 unspecified atom stereocenters. The van der Waals surface area contributed by atoms with Crippen LogP contribution in [0.5, 0.6) is 0 Å². The van der Waals surface area contributed by atoms with Crippen LogP contribution in [0.15, 0.2) is 22.4 Å². The lowest BCUT2D eigenvalue weighted by atomic mass is 10.3. The van der Waals surface area contributed by atoms with Crippen LogP contribution in [0.3, 0.4) is 0 Å². The van der Waals surface area contributed by atoms with Crippen molar-refractivity contribution in [1.82, 2.24) is 0 Å². The van der Waals surface area contributed by atoms with Crippen molar-refractivity contribution in [1.29, 1.82) is 0 Å². The van der Waals surface area contributed by atoms with Gasteiger partial charge >= 0.3 is 0 Å². The Morgan fingerprint density at radius 1 is 1.12 bits per heavy atom. The van der Waals surface area contributed by atoms with E-state index in [2.05, 4.69) is 10.2 Å². The fraction of sp³-hybridized carbons (Fsp3) is 0.222. The largest absolute Gasteiger partial charge is 0.294 e. The summed E-state index contributed by atoms with van der Waals surface area (Å²) in [7, 11) is 0. The number of azo groups is 1. The van der Waals surface area contributed by atoms with E-state index in [0.29, 0.717) is 0 Å². The number of halogens is 5. The number of benzene rings is 1. The van der Waals surface area contributed by atoms with E-state index >= 15 is 0 Å². The first-order valence-corrected chi connectivity index (χ1v) is 6.09. The zero-order valence-corrected chi connectivity index (χ0v) is 12.1. The number of Topliss-reactive ketones (excluding diaryl/α,β-unsaturated/α-hetero) is 1. The van der Waals surface area contributed by atoms with Crippen molar-refractivity contribution in [3.8, 4) is 0 Å². The Bertz CT molecular complexity index is 487. The quantitative estimate of drug-likeness (QED) is 0.313. The van der Waals surface area contributed by atoms with Crippen LogP contribution in [0.4, 0.5) is 5.69 Å². The van der Waals surface area contributed by atoms with Crippen LogP contribution in [-0.2, 0) is 4.79 Å². The van der Waals surface area contributed by atoms with E-state index in [9.17, 15) is 4.79 Å². The second-order valence-corrected chi connectivity index (χ2v) is 5.52. The maximum absolute atomic E-state index is 11.0. The molecule has 0 heterocycles. The topological polar surface area (TPSA) is 41.8 Å². The lowest BCUT2D eigenvalue weighted by Gasteiger charge is -2.08. The van der Waals surface area contributed by atoms with E-state index in [0.717, 1.165) is 0 Å². The summed E-state index contributed by atoms with van der Waals surface area (Å²) in [5, 5.41) is 7.90. The molecule has 0 amide bonds. The Kier molecular flexibility index (Phi) is 5.05. The molecule has 0 atom stereocenters. The second-order valence-electron chi connectivity index (χ2n) is 3.02. The highest BCUT2D eigenvalue weighted by molar-refractivity contribution is 6.57. The lowest BCUT2D eigenvalue weighted by Crippen LogP contribution is -2.19. The third kappa shape index (κ3) is 3.97. The molecule has 0 aliphatic carbocycles. The van der Waals surface area contributed by atoms with Crippen LogP contribution in [-0.4, -0.2) is 10.2 Å². The van der Waals surface area contributed by atoms with Gasteiger partial charge < -0.3 is 0 Å². The molecule has 0 aliphatic rings. The van der Waals surface area contributed by atoms with Gasteiger partial charge in [0.05, 0.1) is 15.1 Å². The van der Waals surface area contributed by atoms with Gasteiger partial charge in [0.1, 0.15) is 5.69 Å². The summed E-state index contributed by atoms with van der Waals surface area (Å²) in [5.74, 6) is -0.555. The molecule has 0 fully saturated rings. The first-order valence-electron chi connectivity index (χ1n) is 4.20. The summed E-state index contributed by atoms with van der Waals surface area (Å²) in [6, 6.07) is 2.79. The zero-order valence-electron chi connectivity index (χ0n) is 8.35. The molecule has 1 aromatic carbocycles. The molecule has 0 bridgehead atoms. The van der Waals surface area contributed by atoms with Gasteiger partial charge in [0, 0.05) is 0 Å². The third-order valence-electron chi connectivity index (χ3n) is 1.70. The van der Waals surface area contributed by atoms with Gasteiger partial charge in [-0.3, -0.25) is 4.79 Å². The van der Waals surface area contributed by atoms with Gasteiger partial charge in [0.25, 0.3) is 4.46 Å². The predicted octanol–water partition coefficient (Wildman–Crippen LogP) is 5.45. The van der Waals surface area contributed by atoms with Crippen molar-refractivity contribution in [2.24, 2.45) is 10.2 Å². The van der Waals surface area contributed by atoms with Crippen LogP contribution in [0, 0.1) is 0 Å². The van der Waals surface area contributed by atoms with E-state index in [-0.39, 0.29) is 20.8 Å². The van der Waals surface area contributed by atoms with E-state index < -0.39 is 10.2 Å². The third-order valence-corrected chi connectivity index (χ3v) is 3.40. The van der Waals surface area contributed by atoms with E-state index in [4.69, 9.17) is 58.0 Å². The average Bonchev–Trinajstić information content (AvgIpc) is 2.21. The fourth-order valence-electron chi connectivity index (χ4n) is 0.776. The number of hydrogen-bond donors (Lipinski definition) is 0. The number of alkyl halides is 2. The molecule has 3 nitrogen and oxygen atoms in total. The fourth-order valence-corrected chi connectivity index (χ4v) is 1.43. The molecule has 0 N–H and O–H groups in total. The first kappa shape index (κ1) is 15.0. The number of carbonyl (C=O) groups excluding carboxylic acids is 1. The number of hydrogen-bond acceptors (Lipinski definition) is 3. The Morgan fingerprint density at radius 2 is 1.65 bits per heavy atom. The Labute approximate surface area is 123 Å². The predicted molar refractivity (Wildman–Crippen MR) is 71.1 cm³/mol. The Morgan fingerprint density at radius 3 is 2.18 bits per heavy atom. The highest BCUT2D eigenvalue weighted by Crippen LogP contribution is 2.35. The minimum atomic E-state index is -1.94. The zero-order chi connectivity index (χ0) is 13.2. The molecule has 8 heteroatoms. The molecule has 92 valence electrons. The Hall–Kier alpha value is -0.0600. The van der Waals surface area contributed by atoms with Gasteiger partial charge in [-0.1, -0.05) is 58.0 Å². The van der Waals surface area contributed by atoms with Gasteiger partial charge in [-0.2, -0.15) is 5.11 Å². The summed E-state index contributed by atoms with van der Waals surface area (Å²) >= 11 is 28.5. The molecule has 1 rings (SSSR count). The smallest absolute Gasteiger partial charge is 0.285 e. The maximum atomic E-state index is 11.0. The highest BCUT2D eigenvalue weighted by atomic mass is 35.5. The summed E-state index contributed by atoms with van der Waals surface area (Å²) in [5.41, 5.74) is 0.216. The molecule has 0 aliphatic heterocycles. The number of ketones is 1. The van der Waals surface area contributed by atoms with Gasteiger partial charge in [0.2, 0.25) is 0 Å². The van der Waals surface area contributed by atoms with E-state index in [1.54, 1.807) is 0 Å². The number of nitrogens with zero attached hydrogens (tertiary/aromatic N) is 2. The minimum absolute atomic E-state index is 0.216. The summed E-state index contributed by atoms with van der Waals surface area (Å²) in [4.78, 5) is 11.0. The molecule has 0 radical (unpaired) electrons. The van der Waals surface area contributed by atoms with Crippen molar-refractivity contribution >= 4 is 69.5 Å². The van der Waals surface area contributed by atoms with Crippen molar-refractivity contribution in [2.45, 2.75) is 11.4 Å². The minimum Gasteiger partial charge on any atom is -0.294 e. The molecular weight excluding hydrogens is 329 g/mol. The number of carbonyl (C=O) groups is 1. The molecule has 0 spiro atoms. The summed E-state index contributed by atoms with van der Waals surface area (Å²) in [6.07, 6.45) is 0. The van der Waals surface area contributed by atoms with E-state index in [1.165, 1.54) is 19.1 Å². The van der Waals surface area contributed by atoms with Crippen molar-refractivity contribution in [3.63, 3.8) is 0 Å². The van der Waals surface area contributed by atoms with Gasteiger partial charge in [0.15, 0.2) is 5.78 Å². The SMILES string of the molecule is CC(=O)C(Cl)(Cl)/N=N/c1cc(Cl)c(Cl)cc1Cl. The van der Waals surface area contributed by atoms with Gasteiger partial charge in [-0.25, -0.2) is 0 Å². The molecule has 0 aromatic heterocycles. The summed E-state index contributed by atoms with van der Waals surface area (Å²) < 4.78 is -1.94. The molecule has 0 saturated heterocycles. The van der Waals surface area contributed by atoms with Crippen molar-refractivity contribution < 1.29 is 4.79 Å². The normalized spacial score (nSPS) is 12.1. The maximum Gasteiger partial charge on any atom is 0.285 e. The highest BCUT2D eigenvalue weighted by Gasteiger charge is 2.29. The standard InChI is InChI=1S/C9H5Cl5N2O/c1-4(17)9(13,14)16-15-8-3-6(11)5(10)2-7(8)12/h2-3H,1H3/b16-15+. The van der Waals surface area contributed by atoms with Crippen LogP contribution < -0.4 is 0 Å². The van der Waals surface area contributed by atoms with E-state index in [1.807, 2.05) is 0 Å². The van der Waals surface area contributed by atoms with Crippen LogP contribution in [0.1, 0.15) is 6.92 Å². The lowest BCUT2D eigenvalue weighted by molar-refractivity contribution is -0.117. The molecular formula is C9H5Cl5N2O. The second kappa shape index (κ2) is 5.72. The average molecular weight is 334 g/mol. The first-order chi connectivity index (χ1) is 7.74. The van der Waals surface area contributed by atoms with Crippen molar-refractivity contribution in [3.05, 3.63) is 27.2 Å². The van der Waals surface area contributed by atoms with Crippen LogP contribution in [0.2, 0.25) is 15.1 Å². The van der Waals surface area contributed by atoms with Gasteiger partial charge in [-0.15, -0.1) is 5.11 Å².